The lowest BCUT2D eigenvalue weighted by Crippen LogP contribution is -2.55. The van der Waals surface area contributed by atoms with Gasteiger partial charge in [-0.25, -0.2) is 0 Å². The van der Waals surface area contributed by atoms with E-state index in [-0.39, 0.29) is 11.1 Å². The largest absolute Gasteiger partial charge is 0.365 e. The van der Waals surface area contributed by atoms with Crippen molar-refractivity contribution in [2.45, 2.75) is 43.1 Å². The van der Waals surface area contributed by atoms with Crippen LogP contribution in [0.1, 0.15) is 25.7 Å². The molecule has 1 heterocycles. The minimum atomic E-state index is -0.589. The molecule has 0 aromatic heterocycles. The second-order valence-corrected chi connectivity index (χ2v) is 5.25. The van der Waals surface area contributed by atoms with E-state index in [4.69, 9.17) is 0 Å². The highest BCUT2D eigenvalue weighted by Crippen LogP contribution is 2.38. The number of nitriles is 1. The third-order valence-electron chi connectivity index (χ3n) is 4.18. The van der Waals surface area contributed by atoms with E-state index in [2.05, 4.69) is 16.7 Å². The zero-order chi connectivity index (χ0) is 11.8. The van der Waals surface area contributed by atoms with Gasteiger partial charge in [-0.15, -0.1) is 0 Å². The Hall–Kier alpha value is -0.670. The molecule has 0 radical (unpaired) electrons. The first kappa shape index (κ1) is 11.8. The third-order valence-corrected chi connectivity index (χ3v) is 4.18. The van der Waals surface area contributed by atoms with Crippen LogP contribution in [-0.4, -0.2) is 48.1 Å². The second kappa shape index (κ2) is 3.97. The molecule has 2 aliphatic rings. The van der Waals surface area contributed by atoms with Crippen LogP contribution in [0.3, 0.4) is 0 Å². The topological polar surface area (TPSA) is 71.3 Å². The van der Waals surface area contributed by atoms with E-state index in [0.29, 0.717) is 0 Å². The summed E-state index contributed by atoms with van der Waals surface area (Å²) in [5, 5.41) is 25.0. The Kier molecular flexibility index (Phi) is 2.93. The lowest BCUT2D eigenvalue weighted by molar-refractivity contribution is 0.0829. The SMILES string of the molecule is CN(C)C1(C#N)CCC2(CC1)CNC(O)N2. The average Bonchev–Trinajstić information content (AvgIpc) is 2.62. The van der Waals surface area contributed by atoms with Crippen molar-refractivity contribution in [1.82, 2.24) is 15.5 Å². The molecule has 90 valence electrons. The first-order valence-electron chi connectivity index (χ1n) is 5.80. The summed E-state index contributed by atoms with van der Waals surface area (Å²) < 4.78 is 0. The summed E-state index contributed by atoms with van der Waals surface area (Å²) in [6, 6.07) is 2.45. The van der Waals surface area contributed by atoms with Gasteiger partial charge >= 0.3 is 0 Å². The van der Waals surface area contributed by atoms with Crippen molar-refractivity contribution in [3.05, 3.63) is 0 Å². The van der Waals surface area contributed by atoms with E-state index in [1.165, 1.54) is 0 Å². The van der Waals surface area contributed by atoms with Crippen LogP contribution >= 0.6 is 0 Å². The van der Waals surface area contributed by atoms with Crippen molar-refractivity contribution < 1.29 is 5.11 Å². The summed E-state index contributed by atoms with van der Waals surface area (Å²) in [7, 11) is 3.94. The summed E-state index contributed by atoms with van der Waals surface area (Å²) in [5.74, 6) is 0. The van der Waals surface area contributed by atoms with Gasteiger partial charge in [-0.05, 0) is 39.8 Å². The van der Waals surface area contributed by atoms with Crippen molar-refractivity contribution in [2.75, 3.05) is 20.6 Å². The fraction of sp³-hybridized carbons (Fsp3) is 0.909. The van der Waals surface area contributed by atoms with Crippen LogP contribution in [0.4, 0.5) is 0 Å². The van der Waals surface area contributed by atoms with Crippen molar-refractivity contribution in [1.29, 1.82) is 5.26 Å². The van der Waals surface area contributed by atoms with Gasteiger partial charge in [0, 0.05) is 12.1 Å². The molecule has 0 bridgehead atoms. The Morgan fingerprint density at radius 3 is 2.31 bits per heavy atom. The third kappa shape index (κ3) is 1.82. The number of nitrogens with one attached hydrogen (secondary N) is 2. The maximum Gasteiger partial charge on any atom is 0.161 e. The van der Waals surface area contributed by atoms with E-state index in [0.717, 1.165) is 32.2 Å². The number of nitrogens with zero attached hydrogens (tertiary/aromatic N) is 2. The molecule has 3 N–H and O–H groups in total. The highest BCUT2D eigenvalue weighted by Gasteiger charge is 2.47. The van der Waals surface area contributed by atoms with Crippen LogP contribution in [0.15, 0.2) is 0 Å². The second-order valence-electron chi connectivity index (χ2n) is 5.25. The quantitative estimate of drug-likeness (QED) is 0.565. The minimum Gasteiger partial charge on any atom is -0.365 e. The maximum absolute atomic E-state index is 9.45. The molecular formula is C11H20N4O. The normalized spacial score (nSPS) is 43.8. The van der Waals surface area contributed by atoms with Gasteiger partial charge in [0.15, 0.2) is 6.35 Å². The smallest absolute Gasteiger partial charge is 0.161 e. The summed E-state index contributed by atoms with van der Waals surface area (Å²) >= 11 is 0. The van der Waals surface area contributed by atoms with E-state index < -0.39 is 6.35 Å². The van der Waals surface area contributed by atoms with Crippen LogP contribution in [0, 0.1) is 11.3 Å². The molecular weight excluding hydrogens is 204 g/mol. The minimum absolute atomic E-state index is 0.00419. The number of aliphatic hydroxyl groups is 1. The highest BCUT2D eigenvalue weighted by atomic mass is 16.3. The van der Waals surface area contributed by atoms with E-state index in [1.54, 1.807) is 0 Å². The molecule has 1 saturated heterocycles. The van der Waals surface area contributed by atoms with Crippen LogP contribution < -0.4 is 10.6 Å². The average molecular weight is 224 g/mol. The molecule has 0 amide bonds. The lowest BCUT2D eigenvalue weighted by Gasteiger charge is -2.44. The Balaban J connectivity index is 2.04. The van der Waals surface area contributed by atoms with Gasteiger partial charge in [-0.2, -0.15) is 5.26 Å². The Morgan fingerprint density at radius 2 is 1.94 bits per heavy atom. The number of hydrogen-bond donors (Lipinski definition) is 3. The van der Waals surface area contributed by atoms with Crippen molar-refractivity contribution in [3.8, 4) is 6.07 Å². The van der Waals surface area contributed by atoms with Crippen LogP contribution in [0.2, 0.25) is 0 Å². The molecule has 5 nitrogen and oxygen atoms in total. The predicted octanol–water partition coefficient (Wildman–Crippen LogP) is -0.408. The Bertz CT molecular complexity index is 302. The van der Waals surface area contributed by atoms with Gasteiger partial charge in [0.25, 0.3) is 0 Å². The van der Waals surface area contributed by atoms with Crippen molar-refractivity contribution in [2.24, 2.45) is 0 Å². The number of hydrogen-bond acceptors (Lipinski definition) is 5. The van der Waals surface area contributed by atoms with Gasteiger partial charge in [-0.1, -0.05) is 0 Å². The fourth-order valence-electron chi connectivity index (χ4n) is 2.81. The molecule has 2 rings (SSSR count). The van der Waals surface area contributed by atoms with Crippen LogP contribution in [0.5, 0.6) is 0 Å². The van der Waals surface area contributed by atoms with E-state index in [9.17, 15) is 10.4 Å². The Morgan fingerprint density at radius 1 is 1.31 bits per heavy atom. The lowest BCUT2D eigenvalue weighted by atomic mass is 9.72. The fourth-order valence-corrected chi connectivity index (χ4v) is 2.81. The maximum atomic E-state index is 9.45. The zero-order valence-corrected chi connectivity index (χ0v) is 9.95. The van der Waals surface area contributed by atoms with Gasteiger partial charge < -0.3 is 5.11 Å². The summed E-state index contributed by atoms with van der Waals surface area (Å²) in [6.45, 7) is 0.795. The zero-order valence-electron chi connectivity index (χ0n) is 9.95. The first-order chi connectivity index (χ1) is 7.52. The molecule has 5 heteroatoms. The van der Waals surface area contributed by atoms with E-state index in [1.807, 2.05) is 19.0 Å². The molecule has 2 fully saturated rings. The van der Waals surface area contributed by atoms with Crippen molar-refractivity contribution in [3.63, 3.8) is 0 Å². The van der Waals surface area contributed by atoms with Gasteiger partial charge in [0.1, 0.15) is 5.54 Å². The molecule has 1 aliphatic carbocycles. The van der Waals surface area contributed by atoms with E-state index >= 15 is 0 Å². The molecule has 0 aromatic carbocycles. The monoisotopic (exact) mass is 224 g/mol. The number of aliphatic hydroxyl groups excluding tert-OH is 1. The molecule has 16 heavy (non-hydrogen) atoms. The van der Waals surface area contributed by atoms with Crippen LogP contribution in [-0.2, 0) is 0 Å². The first-order valence-corrected chi connectivity index (χ1v) is 5.80. The predicted molar refractivity (Wildman–Crippen MR) is 60.4 cm³/mol. The molecule has 1 saturated carbocycles. The standard InChI is InChI=1S/C11H20N4O/c1-15(2)11(7-12)5-3-10(4-6-11)8-13-9(16)14-10/h9,13-14,16H,3-6,8H2,1-2H3. The summed E-state index contributed by atoms with van der Waals surface area (Å²) in [5.41, 5.74) is -0.323. The number of rotatable bonds is 1. The molecule has 1 unspecified atom stereocenters. The molecule has 1 atom stereocenters. The molecule has 1 spiro atoms. The summed E-state index contributed by atoms with van der Waals surface area (Å²) in [4.78, 5) is 2.03. The molecule has 0 aromatic rings. The summed E-state index contributed by atoms with van der Waals surface area (Å²) in [6.07, 6.45) is 3.00. The van der Waals surface area contributed by atoms with Crippen molar-refractivity contribution >= 4 is 0 Å². The Labute approximate surface area is 96.4 Å². The van der Waals surface area contributed by atoms with Gasteiger partial charge in [-0.3, -0.25) is 15.5 Å². The van der Waals surface area contributed by atoms with Gasteiger partial charge in [0.2, 0.25) is 0 Å². The highest BCUT2D eigenvalue weighted by molar-refractivity contribution is 5.14. The molecule has 1 aliphatic heterocycles. The van der Waals surface area contributed by atoms with Gasteiger partial charge in [0.05, 0.1) is 6.07 Å². The van der Waals surface area contributed by atoms with Crippen LogP contribution in [0.25, 0.3) is 0 Å².